The van der Waals surface area contributed by atoms with Crippen LogP contribution in [0.3, 0.4) is 0 Å². The highest BCUT2D eigenvalue weighted by atomic mass is 35.5. The van der Waals surface area contributed by atoms with E-state index in [9.17, 15) is 4.79 Å². The van der Waals surface area contributed by atoms with Gasteiger partial charge >= 0.3 is 0 Å². The molecule has 1 aromatic carbocycles. The molecular formula is C26H28ClN5O. The normalized spacial score (nSPS) is 18.9. The zero-order valence-corrected chi connectivity index (χ0v) is 19.4. The highest BCUT2D eigenvalue weighted by Gasteiger charge is 2.30. The first-order valence-corrected chi connectivity index (χ1v) is 12.0. The summed E-state index contributed by atoms with van der Waals surface area (Å²) in [6.45, 7) is 4.27. The van der Waals surface area contributed by atoms with E-state index in [2.05, 4.69) is 33.0 Å². The van der Waals surface area contributed by atoms with Gasteiger partial charge in [0.25, 0.3) is 5.91 Å². The fourth-order valence-corrected chi connectivity index (χ4v) is 4.93. The number of nitrogens with zero attached hydrogens (tertiary/aromatic N) is 5. The van der Waals surface area contributed by atoms with Gasteiger partial charge in [-0.2, -0.15) is 0 Å². The Morgan fingerprint density at radius 3 is 2.42 bits per heavy atom. The number of anilines is 2. The molecule has 3 aromatic rings. The van der Waals surface area contributed by atoms with Gasteiger partial charge in [0, 0.05) is 55.8 Å². The highest BCUT2D eigenvalue weighted by molar-refractivity contribution is 6.30. The molecule has 2 saturated heterocycles. The highest BCUT2D eigenvalue weighted by Crippen LogP contribution is 2.32. The van der Waals surface area contributed by atoms with Crippen molar-refractivity contribution in [2.75, 3.05) is 42.5 Å². The Kier molecular flexibility index (Phi) is 6.44. The second kappa shape index (κ2) is 9.79. The Balaban J connectivity index is 1.29. The van der Waals surface area contributed by atoms with Gasteiger partial charge in [-0.3, -0.25) is 9.78 Å². The van der Waals surface area contributed by atoms with Crippen molar-refractivity contribution in [1.29, 1.82) is 0 Å². The molecule has 5 rings (SSSR count). The number of rotatable bonds is 4. The van der Waals surface area contributed by atoms with Crippen LogP contribution in [0.5, 0.6) is 0 Å². The lowest BCUT2D eigenvalue weighted by molar-refractivity contribution is 0.0605. The van der Waals surface area contributed by atoms with Gasteiger partial charge in [0.1, 0.15) is 11.5 Å². The predicted octanol–water partition coefficient (Wildman–Crippen LogP) is 4.82. The summed E-state index contributed by atoms with van der Waals surface area (Å²) in [4.78, 5) is 29.1. The minimum absolute atomic E-state index is 0.00482. The number of likely N-dealkylation sites (tertiary alicyclic amines) is 1. The van der Waals surface area contributed by atoms with Crippen LogP contribution in [0.1, 0.15) is 41.4 Å². The lowest BCUT2D eigenvalue weighted by atomic mass is 9.96. The summed E-state index contributed by atoms with van der Waals surface area (Å²) in [6, 6.07) is 17.8. The summed E-state index contributed by atoms with van der Waals surface area (Å²) in [5.41, 5.74) is 2.80. The van der Waals surface area contributed by atoms with Crippen LogP contribution in [-0.2, 0) is 0 Å². The van der Waals surface area contributed by atoms with Crippen LogP contribution >= 0.6 is 11.6 Å². The van der Waals surface area contributed by atoms with Crippen molar-refractivity contribution in [3.63, 3.8) is 0 Å². The molecule has 4 heterocycles. The quantitative estimate of drug-likeness (QED) is 0.557. The largest absolute Gasteiger partial charge is 0.368 e. The number of piperazine rings is 1. The summed E-state index contributed by atoms with van der Waals surface area (Å²) < 4.78 is 0. The van der Waals surface area contributed by atoms with E-state index in [0.29, 0.717) is 5.69 Å². The molecule has 2 aromatic heterocycles. The Bertz CT molecular complexity index is 1080. The van der Waals surface area contributed by atoms with Crippen molar-refractivity contribution >= 4 is 29.0 Å². The summed E-state index contributed by atoms with van der Waals surface area (Å²) in [5.74, 6) is 0.872. The molecule has 1 unspecified atom stereocenters. The van der Waals surface area contributed by atoms with Crippen molar-refractivity contribution in [2.24, 2.45) is 0 Å². The maximum Gasteiger partial charge on any atom is 0.273 e. The van der Waals surface area contributed by atoms with Gasteiger partial charge < -0.3 is 14.7 Å². The number of hydrogen-bond acceptors (Lipinski definition) is 5. The van der Waals surface area contributed by atoms with E-state index in [1.807, 2.05) is 47.5 Å². The zero-order chi connectivity index (χ0) is 22.6. The van der Waals surface area contributed by atoms with E-state index < -0.39 is 0 Å². The van der Waals surface area contributed by atoms with Crippen LogP contribution in [0.2, 0.25) is 5.02 Å². The number of benzene rings is 1. The average Bonchev–Trinajstić information content (AvgIpc) is 2.89. The van der Waals surface area contributed by atoms with Crippen molar-refractivity contribution in [1.82, 2.24) is 14.9 Å². The molecule has 0 saturated carbocycles. The molecule has 1 amide bonds. The van der Waals surface area contributed by atoms with E-state index in [1.165, 1.54) is 5.69 Å². The van der Waals surface area contributed by atoms with Gasteiger partial charge in [0.2, 0.25) is 0 Å². The van der Waals surface area contributed by atoms with E-state index in [4.69, 9.17) is 16.6 Å². The molecule has 2 aliphatic rings. The van der Waals surface area contributed by atoms with E-state index in [-0.39, 0.29) is 11.9 Å². The van der Waals surface area contributed by atoms with Crippen LogP contribution in [0.25, 0.3) is 0 Å². The van der Waals surface area contributed by atoms with Crippen LogP contribution in [-0.4, -0.2) is 53.5 Å². The van der Waals surface area contributed by atoms with Crippen molar-refractivity contribution in [2.45, 2.75) is 25.3 Å². The first kappa shape index (κ1) is 21.7. The third-order valence-electron chi connectivity index (χ3n) is 6.58. The van der Waals surface area contributed by atoms with Gasteiger partial charge in [0.15, 0.2) is 0 Å². The number of hydrogen-bond donors (Lipinski definition) is 0. The zero-order valence-electron chi connectivity index (χ0n) is 18.6. The van der Waals surface area contributed by atoms with Gasteiger partial charge in [-0.1, -0.05) is 23.7 Å². The molecule has 0 N–H and O–H groups in total. The average molecular weight is 462 g/mol. The molecule has 0 spiro atoms. The molecule has 6 nitrogen and oxygen atoms in total. The van der Waals surface area contributed by atoms with Crippen molar-refractivity contribution in [3.8, 4) is 0 Å². The van der Waals surface area contributed by atoms with Crippen LogP contribution < -0.4 is 9.80 Å². The minimum atomic E-state index is 0.00482. The van der Waals surface area contributed by atoms with Gasteiger partial charge in [-0.15, -0.1) is 0 Å². The first-order chi connectivity index (χ1) is 16.2. The predicted molar refractivity (Wildman–Crippen MR) is 132 cm³/mol. The molecule has 7 heteroatoms. The number of amides is 1. The SMILES string of the molecule is O=C(c1cccc(N2CCN(c3ccc(Cl)cc3)CC2)n1)N1CCCCC1c1cccnc1. The topological polar surface area (TPSA) is 52.6 Å². The Hall–Kier alpha value is -3.12. The number of piperidine rings is 1. The molecule has 0 aliphatic carbocycles. The Morgan fingerprint density at radius 1 is 0.879 bits per heavy atom. The second-order valence-electron chi connectivity index (χ2n) is 8.63. The van der Waals surface area contributed by atoms with Gasteiger partial charge in [0.05, 0.1) is 6.04 Å². The maximum atomic E-state index is 13.5. The number of carbonyl (C=O) groups is 1. The van der Waals surface area contributed by atoms with E-state index >= 15 is 0 Å². The summed E-state index contributed by atoms with van der Waals surface area (Å²) in [5, 5.41) is 0.752. The molecule has 0 radical (unpaired) electrons. The van der Waals surface area contributed by atoms with Crippen molar-refractivity contribution in [3.05, 3.63) is 83.3 Å². The lowest BCUT2D eigenvalue weighted by Crippen LogP contribution is -2.47. The molecule has 2 fully saturated rings. The summed E-state index contributed by atoms with van der Waals surface area (Å²) >= 11 is 6.02. The molecule has 33 heavy (non-hydrogen) atoms. The van der Waals surface area contributed by atoms with Crippen LogP contribution in [0.4, 0.5) is 11.5 Å². The molecule has 170 valence electrons. The van der Waals surface area contributed by atoms with Gasteiger partial charge in [-0.05, 0) is 67.3 Å². The molecule has 1 atom stereocenters. The van der Waals surface area contributed by atoms with E-state index in [1.54, 1.807) is 6.20 Å². The fraction of sp³-hybridized carbons (Fsp3) is 0.346. The standard InChI is InChI=1S/C26H28ClN5O/c27-21-9-11-22(12-10-21)30-15-17-31(18-16-30)25-8-3-6-23(29-25)26(33)32-14-2-1-7-24(32)20-5-4-13-28-19-20/h3-6,8-13,19,24H,1-2,7,14-18H2. The van der Waals surface area contributed by atoms with E-state index in [0.717, 1.165) is 68.4 Å². The lowest BCUT2D eigenvalue weighted by Gasteiger charge is -2.37. The van der Waals surface area contributed by atoms with Crippen LogP contribution in [0, 0.1) is 0 Å². The monoisotopic (exact) mass is 461 g/mol. The fourth-order valence-electron chi connectivity index (χ4n) is 4.81. The smallest absolute Gasteiger partial charge is 0.273 e. The number of carbonyl (C=O) groups excluding carboxylic acids is 1. The third kappa shape index (κ3) is 4.81. The summed E-state index contributed by atoms with van der Waals surface area (Å²) in [7, 11) is 0. The Morgan fingerprint density at radius 2 is 1.67 bits per heavy atom. The Labute approximate surface area is 199 Å². The number of pyridine rings is 2. The maximum absolute atomic E-state index is 13.5. The number of halogens is 1. The molecule has 0 bridgehead atoms. The summed E-state index contributed by atoms with van der Waals surface area (Å²) in [6.07, 6.45) is 6.75. The third-order valence-corrected chi connectivity index (χ3v) is 6.83. The van der Waals surface area contributed by atoms with Crippen molar-refractivity contribution < 1.29 is 4.79 Å². The molecule has 2 aliphatic heterocycles. The van der Waals surface area contributed by atoms with Crippen LogP contribution in [0.15, 0.2) is 67.0 Å². The van der Waals surface area contributed by atoms with Gasteiger partial charge in [-0.25, -0.2) is 4.98 Å². The number of aromatic nitrogens is 2. The molecular weight excluding hydrogens is 434 g/mol. The first-order valence-electron chi connectivity index (χ1n) is 11.6. The second-order valence-corrected chi connectivity index (χ2v) is 9.06. The minimum Gasteiger partial charge on any atom is -0.368 e.